The lowest BCUT2D eigenvalue weighted by molar-refractivity contribution is 0.354. The number of phenolic OH excluding ortho intramolecular Hbond substituents is 2. The number of anilines is 1. The zero-order valence-electron chi connectivity index (χ0n) is 15.7. The van der Waals surface area contributed by atoms with Gasteiger partial charge < -0.3 is 19.7 Å². The molecule has 4 N–H and O–H groups in total. The number of aromatic amines is 1. The molecule has 3 aromatic rings. The van der Waals surface area contributed by atoms with Crippen LogP contribution in [-0.4, -0.2) is 45.8 Å². The number of hydrazone groups is 1. The van der Waals surface area contributed by atoms with Gasteiger partial charge in [0.05, 0.1) is 20.4 Å². The lowest BCUT2D eigenvalue weighted by atomic mass is 10.1. The summed E-state index contributed by atoms with van der Waals surface area (Å²) in [5.74, 6) is 0.988. The van der Waals surface area contributed by atoms with Crippen LogP contribution in [0.5, 0.6) is 23.0 Å². The minimum Gasteiger partial charge on any atom is -0.508 e. The van der Waals surface area contributed by atoms with Crippen molar-refractivity contribution >= 4 is 12.2 Å². The van der Waals surface area contributed by atoms with Crippen molar-refractivity contribution in [3.63, 3.8) is 0 Å². The van der Waals surface area contributed by atoms with Crippen molar-refractivity contribution in [1.29, 1.82) is 0 Å². The van der Waals surface area contributed by atoms with E-state index in [9.17, 15) is 15.0 Å². The maximum absolute atomic E-state index is 12.3. The van der Waals surface area contributed by atoms with Crippen LogP contribution < -0.4 is 20.5 Å². The molecule has 0 fully saturated rings. The number of hydrogen-bond donors (Lipinski definition) is 4. The zero-order chi connectivity index (χ0) is 20.8. The highest BCUT2D eigenvalue weighted by Gasteiger charge is 2.09. The Labute approximate surface area is 165 Å². The highest BCUT2D eigenvalue weighted by Crippen LogP contribution is 2.28. The molecule has 0 saturated heterocycles. The van der Waals surface area contributed by atoms with Gasteiger partial charge in [0.25, 0.3) is 5.56 Å². The largest absolute Gasteiger partial charge is 0.508 e. The molecule has 29 heavy (non-hydrogen) atoms. The molecule has 1 heterocycles. The van der Waals surface area contributed by atoms with Crippen molar-refractivity contribution in [2.75, 3.05) is 19.6 Å². The summed E-state index contributed by atoms with van der Waals surface area (Å²) in [5, 5.41) is 30.7. The minimum absolute atomic E-state index is 0.0422. The summed E-state index contributed by atoms with van der Waals surface area (Å²) in [6, 6.07) is 9.40. The molecule has 10 nitrogen and oxygen atoms in total. The van der Waals surface area contributed by atoms with Crippen LogP contribution in [0.3, 0.4) is 0 Å². The van der Waals surface area contributed by atoms with Crippen molar-refractivity contribution in [3.05, 3.63) is 63.6 Å². The SMILES string of the molecule is COc1ccc(Cc2nnc(N/N=C\c3ccc(O)cc3O)[nH]c2=O)cc1OC. The summed E-state index contributed by atoms with van der Waals surface area (Å²) in [4.78, 5) is 14.8. The Morgan fingerprint density at radius 3 is 2.59 bits per heavy atom. The van der Waals surface area contributed by atoms with Gasteiger partial charge in [-0.15, -0.1) is 10.2 Å². The molecule has 0 unspecified atom stereocenters. The van der Waals surface area contributed by atoms with Crippen molar-refractivity contribution in [2.45, 2.75) is 6.42 Å². The lowest BCUT2D eigenvalue weighted by Crippen LogP contribution is -2.18. The van der Waals surface area contributed by atoms with E-state index in [4.69, 9.17) is 9.47 Å². The van der Waals surface area contributed by atoms with E-state index in [0.29, 0.717) is 17.1 Å². The van der Waals surface area contributed by atoms with E-state index < -0.39 is 5.56 Å². The van der Waals surface area contributed by atoms with Gasteiger partial charge >= 0.3 is 0 Å². The molecule has 0 spiro atoms. The Bertz CT molecular complexity index is 1100. The zero-order valence-corrected chi connectivity index (χ0v) is 15.7. The van der Waals surface area contributed by atoms with E-state index in [1.807, 2.05) is 6.07 Å². The lowest BCUT2D eigenvalue weighted by Gasteiger charge is -2.09. The molecule has 0 aliphatic carbocycles. The normalized spacial score (nSPS) is 10.8. The first-order chi connectivity index (χ1) is 14.0. The Balaban J connectivity index is 1.70. The summed E-state index contributed by atoms with van der Waals surface area (Å²) < 4.78 is 10.4. The second-order valence-corrected chi connectivity index (χ2v) is 5.93. The highest BCUT2D eigenvalue weighted by atomic mass is 16.5. The van der Waals surface area contributed by atoms with Crippen molar-refractivity contribution in [2.24, 2.45) is 5.10 Å². The third-order valence-electron chi connectivity index (χ3n) is 3.97. The quantitative estimate of drug-likeness (QED) is 0.348. The Hall–Kier alpha value is -4.08. The molecule has 0 aliphatic heterocycles. The molecule has 0 saturated carbocycles. The van der Waals surface area contributed by atoms with Gasteiger partial charge in [-0.25, -0.2) is 5.43 Å². The molecule has 1 aromatic heterocycles. The maximum atomic E-state index is 12.3. The average Bonchev–Trinajstić information content (AvgIpc) is 2.71. The minimum atomic E-state index is -0.417. The van der Waals surface area contributed by atoms with Crippen LogP contribution in [0, 0.1) is 0 Å². The van der Waals surface area contributed by atoms with Crippen LogP contribution >= 0.6 is 0 Å². The van der Waals surface area contributed by atoms with Crippen LogP contribution in [-0.2, 0) is 6.42 Å². The molecule has 0 radical (unpaired) electrons. The highest BCUT2D eigenvalue weighted by molar-refractivity contribution is 5.84. The number of phenols is 2. The average molecular weight is 397 g/mol. The number of rotatable bonds is 7. The number of ether oxygens (including phenoxy) is 2. The Kier molecular flexibility index (Phi) is 5.93. The fraction of sp³-hybridized carbons (Fsp3) is 0.158. The van der Waals surface area contributed by atoms with Gasteiger partial charge in [-0.05, 0) is 29.8 Å². The number of nitrogens with one attached hydrogen (secondary N) is 2. The Morgan fingerprint density at radius 1 is 1.10 bits per heavy atom. The van der Waals surface area contributed by atoms with Gasteiger partial charge in [-0.2, -0.15) is 5.10 Å². The van der Waals surface area contributed by atoms with Crippen molar-refractivity contribution < 1.29 is 19.7 Å². The standard InChI is InChI=1S/C19H19N5O5/c1-28-16-6-3-11(8-17(16)29-2)7-14-18(27)21-19(24-22-14)23-20-10-12-4-5-13(25)9-15(12)26/h3-6,8-10,25-26H,7H2,1-2H3,(H2,21,23,24,27)/b20-10-. The number of aromatic nitrogens is 3. The Morgan fingerprint density at radius 2 is 1.90 bits per heavy atom. The van der Waals surface area contributed by atoms with E-state index in [2.05, 4.69) is 25.7 Å². The van der Waals surface area contributed by atoms with Crippen LogP contribution in [0.4, 0.5) is 5.95 Å². The van der Waals surface area contributed by atoms with E-state index in [0.717, 1.165) is 5.56 Å². The van der Waals surface area contributed by atoms with Crippen molar-refractivity contribution in [3.8, 4) is 23.0 Å². The number of H-pyrrole nitrogens is 1. The first-order valence-electron chi connectivity index (χ1n) is 8.48. The molecule has 0 bridgehead atoms. The first kappa shape index (κ1) is 19.7. The summed E-state index contributed by atoms with van der Waals surface area (Å²) in [7, 11) is 3.08. The second-order valence-electron chi connectivity index (χ2n) is 5.93. The van der Waals surface area contributed by atoms with E-state index in [1.165, 1.54) is 31.5 Å². The third kappa shape index (κ3) is 4.80. The smallest absolute Gasteiger partial charge is 0.274 e. The van der Waals surface area contributed by atoms with Gasteiger partial charge in [0.2, 0.25) is 5.95 Å². The van der Waals surface area contributed by atoms with E-state index in [-0.39, 0.29) is 29.6 Å². The summed E-state index contributed by atoms with van der Waals surface area (Å²) in [6.45, 7) is 0. The molecule has 10 heteroatoms. The number of hydrogen-bond acceptors (Lipinski definition) is 9. The van der Waals surface area contributed by atoms with Crippen LogP contribution in [0.15, 0.2) is 46.3 Å². The molecule has 0 amide bonds. The van der Waals surface area contributed by atoms with Gasteiger partial charge in [-0.3, -0.25) is 9.78 Å². The van der Waals surface area contributed by atoms with Crippen LogP contribution in [0.2, 0.25) is 0 Å². The predicted octanol–water partition coefficient (Wildman–Crippen LogP) is 1.63. The maximum Gasteiger partial charge on any atom is 0.274 e. The monoisotopic (exact) mass is 397 g/mol. The first-order valence-corrected chi connectivity index (χ1v) is 8.48. The molecule has 2 aromatic carbocycles. The predicted molar refractivity (Wildman–Crippen MR) is 106 cm³/mol. The van der Waals surface area contributed by atoms with Gasteiger partial charge in [0.15, 0.2) is 11.5 Å². The fourth-order valence-electron chi connectivity index (χ4n) is 2.51. The molecule has 0 aliphatic rings. The number of nitrogens with zero attached hydrogens (tertiary/aromatic N) is 3. The van der Waals surface area contributed by atoms with Gasteiger partial charge in [0.1, 0.15) is 17.2 Å². The summed E-state index contributed by atoms with van der Waals surface area (Å²) in [6.07, 6.45) is 1.57. The second kappa shape index (κ2) is 8.74. The van der Waals surface area contributed by atoms with Gasteiger partial charge in [-0.1, -0.05) is 6.07 Å². The molecule has 0 atom stereocenters. The number of aromatic hydroxyl groups is 2. The number of methoxy groups -OCH3 is 2. The molecule has 3 rings (SSSR count). The fourth-order valence-corrected chi connectivity index (χ4v) is 2.51. The third-order valence-corrected chi connectivity index (χ3v) is 3.97. The van der Waals surface area contributed by atoms with E-state index >= 15 is 0 Å². The van der Waals surface area contributed by atoms with Gasteiger partial charge in [0, 0.05) is 18.1 Å². The number of benzene rings is 2. The molecular formula is C19H19N5O5. The molecule has 150 valence electrons. The summed E-state index contributed by atoms with van der Waals surface area (Å²) >= 11 is 0. The van der Waals surface area contributed by atoms with E-state index in [1.54, 1.807) is 19.2 Å². The van der Waals surface area contributed by atoms with Crippen LogP contribution in [0.25, 0.3) is 0 Å². The topological polar surface area (TPSA) is 142 Å². The molecular weight excluding hydrogens is 378 g/mol. The van der Waals surface area contributed by atoms with Crippen molar-refractivity contribution in [1.82, 2.24) is 15.2 Å². The van der Waals surface area contributed by atoms with Crippen LogP contribution in [0.1, 0.15) is 16.8 Å². The summed E-state index contributed by atoms with van der Waals surface area (Å²) in [5.41, 5.74) is 3.52.